The van der Waals surface area contributed by atoms with Gasteiger partial charge in [0.15, 0.2) is 0 Å². The van der Waals surface area contributed by atoms with Gasteiger partial charge in [-0.2, -0.15) is 0 Å². The van der Waals surface area contributed by atoms with Crippen molar-refractivity contribution in [3.8, 4) is 5.75 Å². The number of anilines is 1. The summed E-state index contributed by atoms with van der Waals surface area (Å²) in [5, 5.41) is 0. The first-order chi connectivity index (χ1) is 10.1. The zero-order chi connectivity index (χ0) is 15.2. The minimum absolute atomic E-state index is 0.131. The number of ether oxygens (including phenoxy) is 2. The van der Waals surface area contributed by atoms with Gasteiger partial charge in [0.1, 0.15) is 23.0 Å². The number of nitrogen functional groups attached to an aromatic ring is 1. The summed E-state index contributed by atoms with van der Waals surface area (Å²) in [5.74, 6) is 0.959. The molecular weight excluding hydrogens is 270 g/mol. The average Bonchev–Trinajstić information content (AvgIpc) is 2.48. The van der Waals surface area contributed by atoms with Gasteiger partial charge in [-0.05, 0) is 24.6 Å². The predicted octanol–water partition coefficient (Wildman–Crippen LogP) is 1.83. The van der Waals surface area contributed by atoms with E-state index in [0.29, 0.717) is 12.2 Å². The lowest BCUT2D eigenvalue weighted by Gasteiger charge is -2.07. The second-order valence-corrected chi connectivity index (χ2v) is 4.33. The van der Waals surface area contributed by atoms with Crippen LogP contribution in [0.3, 0.4) is 0 Å². The van der Waals surface area contributed by atoms with Crippen LogP contribution in [-0.2, 0) is 11.2 Å². The summed E-state index contributed by atoms with van der Waals surface area (Å²) in [6, 6.07) is 7.59. The summed E-state index contributed by atoms with van der Waals surface area (Å²) in [6.07, 6.45) is 1.93. The maximum Gasteiger partial charge on any atom is 0.343 e. The van der Waals surface area contributed by atoms with E-state index in [0.717, 1.165) is 11.3 Å². The Hall–Kier alpha value is -2.63. The molecular formula is C15H17N3O3. The van der Waals surface area contributed by atoms with Crippen LogP contribution >= 0.6 is 0 Å². The molecule has 0 bridgehead atoms. The first-order valence-electron chi connectivity index (χ1n) is 6.55. The predicted molar refractivity (Wildman–Crippen MR) is 78.2 cm³/mol. The van der Waals surface area contributed by atoms with Crippen molar-refractivity contribution in [2.45, 2.75) is 13.3 Å². The maximum absolute atomic E-state index is 11.6. The summed E-state index contributed by atoms with van der Waals surface area (Å²) < 4.78 is 9.98. The molecule has 0 spiro atoms. The number of esters is 1. The molecule has 2 rings (SSSR count). The molecule has 0 aliphatic heterocycles. The summed E-state index contributed by atoms with van der Waals surface area (Å²) >= 11 is 0. The average molecular weight is 287 g/mol. The van der Waals surface area contributed by atoms with Crippen molar-refractivity contribution >= 4 is 11.8 Å². The lowest BCUT2D eigenvalue weighted by atomic mass is 10.1. The number of carbonyl (C=O) groups is 1. The van der Waals surface area contributed by atoms with E-state index in [4.69, 9.17) is 15.2 Å². The van der Waals surface area contributed by atoms with E-state index >= 15 is 0 Å². The standard InChI is InChI=1S/C15H17N3O3/c1-3-21-15(19)12-9-17-13(18-14(12)16)8-10-4-6-11(20-2)7-5-10/h4-7,9H,3,8H2,1-2H3,(H2,16,17,18). The smallest absolute Gasteiger partial charge is 0.343 e. The number of methoxy groups -OCH3 is 1. The van der Waals surface area contributed by atoms with Gasteiger partial charge in [0.25, 0.3) is 0 Å². The Morgan fingerprint density at radius 1 is 1.29 bits per heavy atom. The molecule has 6 nitrogen and oxygen atoms in total. The largest absolute Gasteiger partial charge is 0.497 e. The van der Waals surface area contributed by atoms with Crippen molar-refractivity contribution in [1.82, 2.24) is 9.97 Å². The van der Waals surface area contributed by atoms with Crippen molar-refractivity contribution in [2.75, 3.05) is 19.5 Å². The van der Waals surface area contributed by atoms with E-state index in [1.165, 1.54) is 6.20 Å². The Bertz CT molecular complexity index is 627. The van der Waals surface area contributed by atoms with Crippen LogP contribution in [0, 0.1) is 0 Å². The van der Waals surface area contributed by atoms with Crippen molar-refractivity contribution < 1.29 is 14.3 Å². The molecule has 0 unspecified atom stereocenters. The molecule has 110 valence electrons. The van der Waals surface area contributed by atoms with Crippen molar-refractivity contribution in [2.24, 2.45) is 0 Å². The van der Waals surface area contributed by atoms with E-state index in [9.17, 15) is 4.79 Å². The Kier molecular flexibility index (Phi) is 4.71. The number of nitrogens with two attached hydrogens (primary N) is 1. The number of benzene rings is 1. The molecule has 0 aliphatic carbocycles. The molecule has 0 atom stereocenters. The highest BCUT2D eigenvalue weighted by atomic mass is 16.5. The molecule has 0 radical (unpaired) electrons. The first-order valence-corrected chi connectivity index (χ1v) is 6.55. The fraction of sp³-hybridized carbons (Fsp3) is 0.267. The van der Waals surface area contributed by atoms with Gasteiger partial charge in [0.05, 0.1) is 13.7 Å². The summed E-state index contributed by atoms with van der Waals surface area (Å²) in [5.41, 5.74) is 7.00. The van der Waals surface area contributed by atoms with E-state index in [-0.39, 0.29) is 18.0 Å². The monoisotopic (exact) mass is 287 g/mol. The van der Waals surface area contributed by atoms with E-state index in [2.05, 4.69) is 9.97 Å². The summed E-state index contributed by atoms with van der Waals surface area (Å²) in [6.45, 7) is 2.01. The van der Waals surface area contributed by atoms with E-state index < -0.39 is 5.97 Å². The molecule has 1 aromatic heterocycles. The van der Waals surface area contributed by atoms with Crippen LogP contribution < -0.4 is 10.5 Å². The van der Waals surface area contributed by atoms with Gasteiger partial charge in [0.2, 0.25) is 0 Å². The lowest BCUT2D eigenvalue weighted by Crippen LogP contribution is -2.12. The van der Waals surface area contributed by atoms with Crippen LogP contribution in [-0.4, -0.2) is 29.7 Å². The second kappa shape index (κ2) is 6.69. The van der Waals surface area contributed by atoms with Gasteiger partial charge in [-0.3, -0.25) is 0 Å². The van der Waals surface area contributed by atoms with Gasteiger partial charge in [-0.1, -0.05) is 12.1 Å². The molecule has 0 aliphatic rings. The zero-order valence-electron chi connectivity index (χ0n) is 12.0. The molecule has 0 saturated heterocycles. The number of aromatic nitrogens is 2. The SMILES string of the molecule is CCOC(=O)c1cnc(Cc2ccc(OC)cc2)nc1N. The van der Waals surface area contributed by atoms with Crippen LogP contribution in [0.2, 0.25) is 0 Å². The molecule has 6 heteroatoms. The quantitative estimate of drug-likeness (QED) is 0.844. The van der Waals surface area contributed by atoms with Gasteiger partial charge in [-0.25, -0.2) is 14.8 Å². The minimum atomic E-state index is -0.508. The highest BCUT2D eigenvalue weighted by molar-refractivity contribution is 5.93. The normalized spacial score (nSPS) is 10.2. The van der Waals surface area contributed by atoms with Crippen LogP contribution in [0.15, 0.2) is 30.5 Å². The van der Waals surface area contributed by atoms with Crippen LogP contribution in [0.25, 0.3) is 0 Å². The van der Waals surface area contributed by atoms with Crippen LogP contribution in [0.5, 0.6) is 5.75 Å². The molecule has 2 N–H and O–H groups in total. The van der Waals surface area contributed by atoms with Gasteiger partial charge in [0, 0.05) is 12.6 Å². The van der Waals surface area contributed by atoms with Gasteiger partial charge >= 0.3 is 5.97 Å². The molecule has 1 heterocycles. The maximum atomic E-state index is 11.6. The highest BCUT2D eigenvalue weighted by Gasteiger charge is 2.13. The molecule has 1 aromatic carbocycles. The number of rotatable bonds is 5. The van der Waals surface area contributed by atoms with E-state index in [1.807, 2.05) is 24.3 Å². The third-order valence-electron chi connectivity index (χ3n) is 2.88. The molecule has 21 heavy (non-hydrogen) atoms. The number of hydrogen-bond acceptors (Lipinski definition) is 6. The van der Waals surface area contributed by atoms with Crippen LogP contribution in [0.1, 0.15) is 28.7 Å². The highest BCUT2D eigenvalue weighted by Crippen LogP contribution is 2.15. The molecule has 0 fully saturated rings. The Morgan fingerprint density at radius 2 is 2.00 bits per heavy atom. The topological polar surface area (TPSA) is 87.3 Å². The Morgan fingerprint density at radius 3 is 2.57 bits per heavy atom. The fourth-order valence-electron chi connectivity index (χ4n) is 1.81. The number of carbonyl (C=O) groups excluding carboxylic acids is 1. The third kappa shape index (κ3) is 3.68. The van der Waals surface area contributed by atoms with Gasteiger partial charge < -0.3 is 15.2 Å². The summed E-state index contributed by atoms with van der Waals surface area (Å²) in [7, 11) is 1.62. The zero-order valence-corrected chi connectivity index (χ0v) is 12.0. The Balaban J connectivity index is 2.14. The molecule has 2 aromatic rings. The Labute approximate surface area is 122 Å². The summed E-state index contributed by atoms with van der Waals surface area (Å²) in [4.78, 5) is 19.9. The van der Waals surface area contributed by atoms with Crippen molar-refractivity contribution in [3.63, 3.8) is 0 Å². The van der Waals surface area contributed by atoms with Gasteiger partial charge in [-0.15, -0.1) is 0 Å². The number of nitrogens with zero attached hydrogens (tertiary/aromatic N) is 2. The molecule has 0 amide bonds. The number of hydrogen-bond donors (Lipinski definition) is 1. The second-order valence-electron chi connectivity index (χ2n) is 4.33. The van der Waals surface area contributed by atoms with E-state index in [1.54, 1.807) is 14.0 Å². The third-order valence-corrected chi connectivity index (χ3v) is 2.88. The van der Waals surface area contributed by atoms with Crippen molar-refractivity contribution in [1.29, 1.82) is 0 Å². The molecule has 0 saturated carbocycles. The van der Waals surface area contributed by atoms with Crippen LogP contribution in [0.4, 0.5) is 5.82 Å². The lowest BCUT2D eigenvalue weighted by molar-refractivity contribution is 0.0526. The fourth-order valence-corrected chi connectivity index (χ4v) is 1.81. The van der Waals surface area contributed by atoms with Crippen molar-refractivity contribution in [3.05, 3.63) is 47.4 Å². The minimum Gasteiger partial charge on any atom is -0.497 e. The first kappa shape index (κ1) is 14.8.